The highest BCUT2D eigenvalue weighted by Crippen LogP contribution is 2.35. The summed E-state index contributed by atoms with van der Waals surface area (Å²) in [6.07, 6.45) is -1.45. The summed E-state index contributed by atoms with van der Waals surface area (Å²) in [6.45, 7) is 6.15. The van der Waals surface area contributed by atoms with Crippen molar-refractivity contribution in [2.45, 2.75) is 26.1 Å². The fourth-order valence-corrected chi connectivity index (χ4v) is 3.56. The number of rotatable bonds is 4. The molecule has 1 N–H and O–H groups in total. The van der Waals surface area contributed by atoms with Crippen LogP contribution in [0.2, 0.25) is 0 Å². The van der Waals surface area contributed by atoms with E-state index in [9.17, 15) is 13.2 Å². The molecular weight excluding hydrogens is 399 g/mol. The van der Waals surface area contributed by atoms with E-state index >= 15 is 0 Å². The van der Waals surface area contributed by atoms with Gasteiger partial charge in [0, 0.05) is 48.9 Å². The fraction of sp³-hybridized carbons (Fsp3) is 0.474. The zero-order valence-electron chi connectivity index (χ0n) is 16.9. The number of hydrogen-bond acceptors (Lipinski definition) is 7. The molecule has 0 radical (unpaired) electrons. The van der Waals surface area contributed by atoms with Gasteiger partial charge in [-0.2, -0.15) is 23.4 Å². The number of halogens is 3. The number of pyridine rings is 1. The number of alkyl halides is 3. The number of aromatic nitrogens is 5. The van der Waals surface area contributed by atoms with Crippen LogP contribution in [0.25, 0.3) is 10.8 Å². The molecule has 4 heterocycles. The lowest BCUT2D eigenvalue weighted by Gasteiger charge is -2.28. The molecule has 4 rings (SSSR count). The van der Waals surface area contributed by atoms with E-state index in [1.54, 1.807) is 13.1 Å². The van der Waals surface area contributed by atoms with Crippen LogP contribution in [-0.4, -0.2) is 51.3 Å². The molecule has 1 aliphatic heterocycles. The predicted molar refractivity (Wildman–Crippen MR) is 105 cm³/mol. The second-order valence-electron chi connectivity index (χ2n) is 7.29. The van der Waals surface area contributed by atoms with Crippen molar-refractivity contribution in [1.82, 2.24) is 25.0 Å². The van der Waals surface area contributed by atoms with Gasteiger partial charge in [-0.05, 0) is 19.9 Å². The lowest BCUT2D eigenvalue weighted by molar-refractivity contribution is -0.142. The topological polar surface area (TPSA) is 81.0 Å². The summed E-state index contributed by atoms with van der Waals surface area (Å²) in [6, 6.07) is 1.21. The van der Waals surface area contributed by atoms with E-state index in [2.05, 4.69) is 30.5 Å². The van der Waals surface area contributed by atoms with Crippen molar-refractivity contribution in [3.63, 3.8) is 0 Å². The number of nitrogens with one attached hydrogen (secondary N) is 1. The normalized spacial score (nSPS) is 16.1. The maximum atomic E-state index is 13.4. The Balaban J connectivity index is 1.71. The minimum absolute atomic E-state index is 0.0444. The average molecular weight is 421 g/mol. The molecule has 0 unspecified atom stereocenters. The van der Waals surface area contributed by atoms with Gasteiger partial charge in [0.2, 0.25) is 0 Å². The number of anilines is 2. The largest absolute Gasteiger partial charge is 0.435 e. The maximum absolute atomic E-state index is 13.4. The van der Waals surface area contributed by atoms with Gasteiger partial charge in [0.25, 0.3) is 0 Å². The average Bonchev–Trinajstić information content (AvgIpc) is 3.13. The fourth-order valence-electron chi connectivity index (χ4n) is 3.56. The first-order valence-corrected chi connectivity index (χ1v) is 9.57. The van der Waals surface area contributed by atoms with Crippen LogP contribution in [0, 0.1) is 6.92 Å². The van der Waals surface area contributed by atoms with E-state index in [4.69, 9.17) is 4.74 Å². The molecule has 0 spiro atoms. The summed E-state index contributed by atoms with van der Waals surface area (Å²) >= 11 is 0. The van der Waals surface area contributed by atoms with Gasteiger partial charge in [0.1, 0.15) is 5.82 Å². The molecule has 0 amide bonds. The molecule has 1 fully saturated rings. The highest BCUT2D eigenvalue weighted by molar-refractivity contribution is 5.94. The number of morpholine rings is 1. The Morgan fingerprint density at radius 3 is 2.60 bits per heavy atom. The number of hydrogen-bond donors (Lipinski definition) is 1. The minimum atomic E-state index is -4.54. The summed E-state index contributed by atoms with van der Waals surface area (Å²) < 4.78 is 46.7. The number of fused-ring (bicyclic) bond motifs is 1. The zero-order valence-corrected chi connectivity index (χ0v) is 16.9. The molecule has 0 aromatic carbocycles. The van der Waals surface area contributed by atoms with Gasteiger partial charge >= 0.3 is 6.18 Å². The van der Waals surface area contributed by atoms with E-state index < -0.39 is 17.9 Å². The van der Waals surface area contributed by atoms with Crippen LogP contribution in [0.1, 0.15) is 29.9 Å². The lowest BCUT2D eigenvalue weighted by Crippen LogP contribution is -2.36. The zero-order chi connectivity index (χ0) is 21.5. The van der Waals surface area contributed by atoms with Gasteiger partial charge in [-0.1, -0.05) is 0 Å². The highest BCUT2D eigenvalue weighted by atomic mass is 19.4. The molecule has 1 atom stereocenters. The van der Waals surface area contributed by atoms with E-state index in [0.29, 0.717) is 24.7 Å². The molecule has 3 aromatic rings. The van der Waals surface area contributed by atoms with E-state index in [-0.39, 0.29) is 5.56 Å². The van der Waals surface area contributed by atoms with Crippen molar-refractivity contribution in [2.24, 2.45) is 7.05 Å². The number of nitrogens with zero attached hydrogens (tertiary/aromatic N) is 6. The molecule has 11 heteroatoms. The molecule has 1 aliphatic rings. The van der Waals surface area contributed by atoms with E-state index in [0.717, 1.165) is 34.4 Å². The quantitative estimate of drug-likeness (QED) is 0.693. The second-order valence-corrected chi connectivity index (χ2v) is 7.29. The summed E-state index contributed by atoms with van der Waals surface area (Å²) in [7, 11) is 1.47. The van der Waals surface area contributed by atoms with Crippen LogP contribution in [0.5, 0.6) is 0 Å². The molecule has 0 aliphatic carbocycles. The van der Waals surface area contributed by atoms with Crippen LogP contribution in [0.3, 0.4) is 0 Å². The van der Waals surface area contributed by atoms with Crippen LogP contribution in [0.4, 0.5) is 24.8 Å². The first kappa shape index (κ1) is 20.3. The Labute approximate surface area is 171 Å². The van der Waals surface area contributed by atoms with Gasteiger partial charge in [0.05, 0.1) is 24.9 Å². The highest BCUT2D eigenvalue weighted by Gasteiger charge is 2.38. The maximum Gasteiger partial charge on any atom is 0.435 e. The van der Waals surface area contributed by atoms with Crippen LogP contribution in [-0.2, 0) is 18.0 Å². The molecule has 30 heavy (non-hydrogen) atoms. The molecule has 1 saturated heterocycles. The Kier molecular flexibility index (Phi) is 5.22. The number of ether oxygens (including phenoxy) is 1. The summed E-state index contributed by atoms with van der Waals surface area (Å²) in [4.78, 5) is 6.64. The summed E-state index contributed by atoms with van der Waals surface area (Å²) in [5, 5.41) is 16.6. The van der Waals surface area contributed by atoms with Crippen molar-refractivity contribution >= 4 is 22.4 Å². The predicted octanol–water partition coefficient (Wildman–Crippen LogP) is 3.10. The van der Waals surface area contributed by atoms with Crippen LogP contribution >= 0.6 is 0 Å². The molecule has 160 valence electrons. The third-order valence-electron chi connectivity index (χ3n) is 5.11. The molecule has 0 saturated carbocycles. The Bertz CT molecular complexity index is 1060. The Hall–Kier alpha value is -2.95. The van der Waals surface area contributed by atoms with Crippen LogP contribution in [0.15, 0.2) is 18.5 Å². The summed E-state index contributed by atoms with van der Waals surface area (Å²) in [5.74, 6) is 1.17. The molecule has 8 nitrogen and oxygen atoms in total. The van der Waals surface area contributed by atoms with Gasteiger partial charge < -0.3 is 15.0 Å². The van der Waals surface area contributed by atoms with Crippen molar-refractivity contribution in [3.8, 4) is 0 Å². The minimum Gasteiger partial charge on any atom is -0.378 e. The van der Waals surface area contributed by atoms with Crippen LogP contribution < -0.4 is 10.2 Å². The van der Waals surface area contributed by atoms with Crippen molar-refractivity contribution in [1.29, 1.82) is 0 Å². The third-order valence-corrected chi connectivity index (χ3v) is 5.11. The third kappa shape index (κ3) is 3.89. The first-order chi connectivity index (χ1) is 14.2. The SMILES string of the molecule is Cc1nnc(N[C@H](C)c2cn(C)nc2C(F)(F)F)c2cc(N3CCOCC3)ncc12. The van der Waals surface area contributed by atoms with Crippen molar-refractivity contribution < 1.29 is 17.9 Å². The monoisotopic (exact) mass is 421 g/mol. The van der Waals surface area contributed by atoms with E-state index in [1.807, 2.05) is 13.0 Å². The summed E-state index contributed by atoms with van der Waals surface area (Å²) in [5.41, 5.74) is -0.172. The van der Waals surface area contributed by atoms with Crippen molar-refractivity contribution in [2.75, 3.05) is 36.5 Å². The first-order valence-electron chi connectivity index (χ1n) is 9.57. The molecule has 0 bridgehead atoms. The van der Waals surface area contributed by atoms with Crippen molar-refractivity contribution in [3.05, 3.63) is 35.4 Å². The molecular formula is C19H22F3N7O. The van der Waals surface area contributed by atoms with Gasteiger partial charge in [-0.15, -0.1) is 5.10 Å². The standard InChI is InChI=1S/C19H22F3N7O/c1-11(15-10-28(3)27-17(15)19(20,21)22)24-18-13-8-16(29-4-6-30-7-5-29)23-9-14(13)12(2)25-26-18/h8-11H,4-7H2,1-3H3,(H,24,26)/t11-/m1/s1. The second kappa shape index (κ2) is 7.71. The van der Waals surface area contributed by atoms with Gasteiger partial charge in [-0.3, -0.25) is 4.68 Å². The smallest absolute Gasteiger partial charge is 0.378 e. The van der Waals surface area contributed by atoms with E-state index in [1.165, 1.54) is 13.2 Å². The van der Waals surface area contributed by atoms with Gasteiger partial charge in [-0.25, -0.2) is 4.98 Å². The van der Waals surface area contributed by atoms with Gasteiger partial charge in [0.15, 0.2) is 11.5 Å². The lowest BCUT2D eigenvalue weighted by atomic mass is 10.1. The Morgan fingerprint density at radius 1 is 1.17 bits per heavy atom. The number of aryl methyl sites for hydroxylation is 2. The Morgan fingerprint density at radius 2 is 1.90 bits per heavy atom. The molecule has 3 aromatic heterocycles.